The van der Waals surface area contributed by atoms with Gasteiger partial charge in [-0.25, -0.2) is 4.79 Å². The molecule has 2 fully saturated rings. The van der Waals surface area contributed by atoms with Gasteiger partial charge in [0.25, 0.3) is 0 Å². The Labute approximate surface area is 153 Å². The van der Waals surface area contributed by atoms with Crippen LogP contribution in [-0.4, -0.2) is 73.2 Å². The summed E-state index contributed by atoms with van der Waals surface area (Å²) in [5, 5.41) is 4.13. The zero-order valence-corrected chi connectivity index (χ0v) is 15.2. The monoisotopic (exact) mass is 355 g/mol. The molecule has 7 nitrogen and oxygen atoms in total. The Balaban J connectivity index is 1.39. The highest BCUT2D eigenvalue weighted by Crippen LogP contribution is 2.24. The van der Waals surface area contributed by atoms with E-state index in [0.717, 1.165) is 45.0 Å². The maximum absolute atomic E-state index is 12.5. The summed E-state index contributed by atoms with van der Waals surface area (Å²) in [6, 6.07) is 8.64. The lowest BCUT2D eigenvalue weighted by Gasteiger charge is -2.36. The molecule has 1 aromatic carbocycles. The zero-order chi connectivity index (χ0) is 17.9. The number of benzene rings is 1. The normalized spacial score (nSPS) is 18.3. The molecule has 4 rings (SSSR count). The molecule has 2 aliphatic heterocycles. The van der Waals surface area contributed by atoms with Crippen molar-refractivity contribution in [3.63, 3.8) is 0 Å². The smallest absolute Gasteiger partial charge is 0.344 e. The standard InChI is InChI=1S/C19H25N5O2/c1-16-14-20-24(15-16)19(25)23-7-5-21(6-8-23)17-3-2-4-18(13-17)22-9-11-26-12-10-22/h2-4,13-15H,5-12H2,1H3. The van der Waals surface area contributed by atoms with Crippen molar-refractivity contribution in [3.05, 3.63) is 42.2 Å². The van der Waals surface area contributed by atoms with Crippen molar-refractivity contribution in [1.82, 2.24) is 14.7 Å². The molecule has 0 aliphatic carbocycles. The van der Waals surface area contributed by atoms with Crippen LogP contribution in [0.5, 0.6) is 0 Å². The summed E-state index contributed by atoms with van der Waals surface area (Å²) in [6.07, 6.45) is 3.49. The molecule has 26 heavy (non-hydrogen) atoms. The molecule has 0 unspecified atom stereocenters. The minimum Gasteiger partial charge on any atom is -0.378 e. The SMILES string of the molecule is Cc1cnn(C(=O)N2CCN(c3cccc(N4CCOCC4)c3)CC2)c1. The van der Waals surface area contributed by atoms with E-state index in [9.17, 15) is 4.79 Å². The molecule has 138 valence electrons. The number of carbonyl (C=O) groups excluding carboxylic acids is 1. The van der Waals surface area contributed by atoms with Crippen molar-refractivity contribution in [2.75, 3.05) is 62.3 Å². The van der Waals surface area contributed by atoms with E-state index in [1.54, 1.807) is 12.4 Å². The molecule has 3 heterocycles. The van der Waals surface area contributed by atoms with Gasteiger partial charge in [-0.15, -0.1) is 0 Å². The van der Waals surface area contributed by atoms with E-state index in [0.29, 0.717) is 13.1 Å². The molecular formula is C19H25N5O2. The highest BCUT2D eigenvalue weighted by atomic mass is 16.5. The minimum atomic E-state index is -0.0418. The highest BCUT2D eigenvalue weighted by molar-refractivity contribution is 5.76. The maximum Gasteiger partial charge on any atom is 0.344 e. The lowest BCUT2D eigenvalue weighted by molar-refractivity contribution is 0.122. The first-order chi connectivity index (χ1) is 12.7. The molecule has 7 heteroatoms. The molecule has 0 atom stereocenters. The summed E-state index contributed by atoms with van der Waals surface area (Å²) >= 11 is 0. The van der Waals surface area contributed by atoms with E-state index in [1.165, 1.54) is 16.1 Å². The fourth-order valence-electron chi connectivity index (χ4n) is 3.53. The molecule has 1 aromatic heterocycles. The number of carbonyl (C=O) groups is 1. The number of nitrogens with zero attached hydrogens (tertiary/aromatic N) is 5. The van der Waals surface area contributed by atoms with Crippen LogP contribution in [0.15, 0.2) is 36.7 Å². The third-order valence-corrected chi connectivity index (χ3v) is 5.03. The Morgan fingerprint density at radius 3 is 2.27 bits per heavy atom. The molecule has 0 bridgehead atoms. The van der Waals surface area contributed by atoms with Crippen LogP contribution in [0.25, 0.3) is 0 Å². The number of morpholine rings is 1. The number of amides is 1. The summed E-state index contributed by atoms with van der Waals surface area (Å²) in [4.78, 5) is 19.1. The fourth-order valence-corrected chi connectivity index (χ4v) is 3.53. The van der Waals surface area contributed by atoms with E-state index < -0.39 is 0 Å². The van der Waals surface area contributed by atoms with Crippen LogP contribution in [0.2, 0.25) is 0 Å². The van der Waals surface area contributed by atoms with Crippen LogP contribution in [0, 0.1) is 6.92 Å². The maximum atomic E-state index is 12.5. The van der Waals surface area contributed by atoms with Gasteiger partial charge in [-0.05, 0) is 30.7 Å². The van der Waals surface area contributed by atoms with Gasteiger partial charge in [-0.1, -0.05) is 6.07 Å². The van der Waals surface area contributed by atoms with Crippen molar-refractivity contribution in [2.45, 2.75) is 6.92 Å². The van der Waals surface area contributed by atoms with Gasteiger partial charge in [0.2, 0.25) is 0 Å². The van der Waals surface area contributed by atoms with Crippen LogP contribution in [0.3, 0.4) is 0 Å². The van der Waals surface area contributed by atoms with Gasteiger partial charge >= 0.3 is 6.03 Å². The van der Waals surface area contributed by atoms with E-state index in [-0.39, 0.29) is 6.03 Å². The van der Waals surface area contributed by atoms with E-state index in [1.807, 2.05) is 11.8 Å². The van der Waals surface area contributed by atoms with Gasteiger partial charge in [0.1, 0.15) is 0 Å². The van der Waals surface area contributed by atoms with Crippen molar-refractivity contribution in [1.29, 1.82) is 0 Å². The van der Waals surface area contributed by atoms with Gasteiger partial charge in [-0.2, -0.15) is 9.78 Å². The Hall–Kier alpha value is -2.54. The lowest BCUT2D eigenvalue weighted by atomic mass is 10.2. The second kappa shape index (κ2) is 7.37. The summed E-state index contributed by atoms with van der Waals surface area (Å²) in [5.41, 5.74) is 3.46. The number of aromatic nitrogens is 2. The van der Waals surface area contributed by atoms with E-state index in [4.69, 9.17) is 4.74 Å². The largest absolute Gasteiger partial charge is 0.378 e. The topological polar surface area (TPSA) is 53.8 Å². The van der Waals surface area contributed by atoms with Gasteiger partial charge in [-0.3, -0.25) is 0 Å². The lowest BCUT2D eigenvalue weighted by Crippen LogP contribution is -2.50. The Morgan fingerprint density at radius 1 is 1.00 bits per heavy atom. The minimum absolute atomic E-state index is 0.0418. The molecule has 0 spiro atoms. The van der Waals surface area contributed by atoms with Crippen LogP contribution in [-0.2, 0) is 4.74 Å². The first-order valence-corrected chi connectivity index (χ1v) is 9.19. The molecule has 0 N–H and O–H groups in total. The van der Waals surface area contributed by atoms with Crippen molar-refractivity contribution < 1.29 is 9.53 Å². The van der Waals surface area contributed by atoms with Gasteiger partial charge in [0, 0.05) is 56.8 Å². The fraction of sp³-hybridized carbons (Fsp3) is 0.474. The third kappa shape index (κ3) is 3.53. The van der Waals surface area contributed by atoms with Gasteiger partial charge in [0.05, 0.1) is 19.4 Å². The second-order valence-electron chi connectivity index (χ2n) is 6.84. The number of piperazine rings is 1. The summed E-state index contributed by atoms with van der Waals surface area (Å²) in [6.45, 7) is 8.48. The molecule has 0 radical (unpaired) electrons. The quantitative estimate of drug-likeness (QED) is 0.823. The van der Waals surface area contributed by atoms with Crippen molar-refractivity contribution >= 4 is 17.4 Å². The molecular weight excluding hydrogens is 330 g/mol. The van der Waals surface area contributed by atoms with Crippen LogP contribution >= 0.6 is 0 Å². The molecule has 2 saturated heterocycles. The average molecular weight is 355 g/mol. The number of anilines is 2. The average Bonchev–Trinajstić information content (AvgIpc) is 3.15. The number of aryl methyl sites for hydroxylation is 1. The number of ether oxygens (including phenoxy) is 1. The van der Waals surface area contributed by atoms with E-state index in [2.05, 4.69) is 39.2 Å². The summed E-state index contributed by atoms with van der Waals surface area (Å²) < 4.78 is 6.88. The highest BCUT2D eigenvalue weighted by Gasteiger charge is 2.23. The van der Waals surface area contributed by atoms with Gasteiger partial charge < -0.3 is 19.4 Å². The Morgan fingerprint density at radius 2 is 1.65 bits per heavy atom. The van der Waals surface area contributed by atoms with Crippen molar-refractivity contribution in [2.24, 2.45) is 0 Å². The van der Waals surface area contributed by atoms with Crippen LogP contribution in [0.4, 0.5) is 16.2 Å². The molecule has 2 aliphatic rings. The predicted molar refractivity (Wildman–Crippen MR) is 101 cm³/mol. The van der Waals surface area contributed by atoms with Crippen LogP contribution < -0.4 is 9.80 Å². The first kappa shape index (κ1) is 16.9. The van der Waals surface area contributed by atoms with E-state index >= 15 is 0 Å². The Bertz CT molecular complexity index is 761. The first-order valence-electron chi connectivity index (χ1n) is 9.19. The third-order valence-electron chi connectivity index (χ3n) is 5.03. The van der Waals surface area contributed by atoms with Crippen molar-refractivity contribution in [3.8, 4) is 0 Å². The van der Waals surface area contributed by atoms with Crippen LogP contribution in [0.1, 0.15) is 5.56 Å². The molecule has 2 aromatic rings. The summed E-state index contributed by atoms with van der Waals surface area (Å²) in [7, 11) is 0. The second-order valence-corrected chi connectivity index (χ2v) is 6.84. The predicted octanol–water partition coefficient (Wildman–Crippen LogP) is 1.82. The molecule has 1 amide bonds. The zero-order valence-electron chi connectivity index (χ0n) is 15.2. The molecule has 0 saturated carbocycles. The summed E-state index contributed by atoms with van der Waals surface area (Å²) in [5.74, 6) is 0. The van der Waals surface area contributed by atoms with Gasteiger partial charge in [0.15, 0.2) is 0 Å². The number of rotatable bonds is 2. The Kier molecular flexibility index (Phi) is 4.79. The number of hydrogen-bond donors (Lipinski definition) is 0. The number of hydrogen-bond acceptors (Lipinski definition) is 5.